The first-order valence-corrected chi connectivity index (χ1v) is 10.7. The van der Waals surface area contributed by atoms with E-state index in [0.717, 1.165) is 11.7 Å². The van der Waals surface area contributed by atoms with Crippen LogP contribution in [0.4, 0.5) is 0 Å². The number of hydrogen-bond donors (Lipinski definition) is 0. The lowest BCUT2D eigenvalue weighted by Crippen LogP contribution is -2.43. The molecule has 0 aromatic rings. The summed E-state index contributed by atoms with van der Waals surface area (Å²) in [6.45, 7) is 12.5. The second kappa shape index (κ2) is 11.3. The van der Waals surface area contributed by atoms with Gasteiger partial charge in [0.1, 0.15) is 0 Å². The van der Waals surface area contributed by atoms with Crippen molar-refractivity contribution in [2.75, 3.05) is 25.6 Å². The Hall–Kier alpha value is 0.447. The fourth-order valence-corrected chi connectivity index (χ4v) is 7.35. The van der Waals surface area contributed by atoms with Crippen molar-refractivity contribution in [3.8, 4) is 0 Å². The van der Waals surface area contributed by atoms with Crippen LogP contribution in [0.15, 0.2) is 0 Å². The van der Waals surface area contributed by atoms with Gasteiger partial charge < -0.3 is 13.3 Å². The number of rotatable bonds is 12. The Kier molecular flexibility index (Phi) is 11.6. The highest BCUT2D eigenvalue weighted by Gasteiger charge is 2.42. The summed E-state index contributed by atoms with van der Waals surface area (Å²) in [6.07, 6.45) is 3.74. The summed E-state index contributed by atoms with van der Waals surface area (Å²) in [5.74, 6) is 1.82. The van der Waals surface area contributed by atoms with Crippen LogP contribution in [-0.2, 0) is 13.3 Å². The summed E-state index contributed by atoms with van der Waals surface area (Å²) >= 11 is 1.79. The smallest absolute Gasteiger partial charge is 0.366 e. The minimum absolute atomic E-state index is 0.657. The van der Waals surface area contributed by atoms with Gasteiger partial charge in [-0.05, 0) is 38.9 Å². The lowest BCUT2D eigenvalue weighted by Gasteiger charge is -2.28. The van der Waals surface area contributed by atoms with Crippen LogP contribution in [0.5, 0.6) is 0 Å². The maximum absolute atomic E-state index is 5.84. The van der Waals surface area contributed by atoms with Gasteiger partial charge in [-0.25, -0.2) is 0 Å². The van der Waals surface area contributed by atoms with E-state index in [1.165, 1.54) is 19.3 Å². The third-order valence-electron chi connectivity index (χ3n) is 2.73. The van der Waals surface area contributed by atoms with Gasteiger partial charge in [-0.15, -0.1) is 0 Å². The Morgan fingerprint density at radius 2 is 1.39 bits per heavy atom. The molecule has 0 N–H and O–H groups in total. The molecule has 0 amide bonds. The van der Waals surface area contributed by atoms with Gasteiger partial charge in [-0.1, -0.05) is 37.9 Å². The molecule has 0 saturated carbocycles. The van der Waals surface area contributed by atoms with Gasteiger partial charge >= 0.3 is 7.95 Å². The summed E-state index contributed by atoms with van der Waals surface area (Å²) in [4.78, 5) is 0. The lowest BCUT2D eigenvalue weighted by molar-refractivity contribution is 0.0965. The molecule has 1 unspecified atom stereocenters. The summed E-state index contributed by atoms with van der Waals surface area (Å²) in [5.41, 5.74) is 0. The van der Waals surface area contributed by atoms with Crippen molar-refractivity contribution in [1.82, 2.24) is 0 Å². The van der Waals surface area contributed by atoms with E-state index < -0.39 is 7.95 Å². The third kappa shape index (κ3) is 7.14. The molecule has 0 heterocycles. The predicted molar refractivity (Wildman–Crippen MR) is 81.8 cm³/mol. The van der Waals surface area contributed by atoms with Gasteiger partial charge in [0.15, 0.2) is 0 Å². The van der Waals surface area contributed by atoms with Crippen molar-refractivity contribution in [3.05, 3.63) is 0 Å². The molecule has 0 aliphatic carbocycles. The Labute approximate surface area is 118 Å². The average Bonchev–Trinajstić information content (AvgIpc) is 2.35. The molecule has 110 valence electrons. The van der Waals surface area contributed by atoms with E-state index in [4.69, 9.17) is 13.3 Å². The van der Waals surface area contributed by atoms with Crippen LogP contribution in [0, 0.1) is 5.92 Å². The molecule has 0 saturated heterocycles. The Balaban J connectivity index is 4.43. The van der Waals surface area contributed by atoms with E-state index in [1.54, 1.807) is 11.2 Å². The normalized spacial score (nSPS) is 13.8. The molecule has 0 aliphatic heterocycles. The molecule has 0 aliphatic rings. The van der Waals surface area contributed by atoms with Gasteiger partial charge in [0.2, 0.25) is 0 Å². The van der Waals surface area contributed by atoms with Crippen molar-refractivity contribution >= 4 is 19.2 Å². The summed E-state index contributed by atoms with van der Waals surface area (Å²) < 4.78 is 17.5. The maximum Gasteiger partial charge on any atom is 0.573 e. The van der Waals surface area contributed by atoms with Crippen LogP contribution in [0.2, 0.25) is 0 Å². The van der Waals surface area contributed by atoms with Crippen molar-refractivity contribution in [1.29, 1.82) is 0 Å². The maximum atomic E-state index is 5.84. The molecule has 1 atom stereocenters. The summed E-state index contributed by atoms with van der Waals surface area (Å²) in [5, 5.41) is 0. The first kappa shape index (κ1) is 18.4. The van der Waals surface area contributed by atoms with Crippen LogP contribution in [0.3, 0.4) is 0 Å². The van der Waals surface area contributed by atoms with E-state index in [-0.39, 0.29) is 0 Å². The fourth-order valence-electron chi connectivity index (χ4n) is 1.81. The summed E-state index contributed by atoms with van der Waals surface area (Å²) in [7, 11) is -2.49. The molecule has 3 nitrogen and oxygen atoms in total. The van der Waals surface area contributed by atoms with E-state index in [1.807, 2.05) is 20.8 Å². The molecule has 18 heavy (non-hydrogen) atoms. The van der Waals surface area contributed by atoms with E-state index in [0.29, 0.717) is 19.8 Å². The molecule has 0 bridgehead atoms. The van der Waals surface area contributed by atoms with Gasteiger partial charge in [0, 0.05) is 19.8 Å². The van der Waals surface area contributed by atoms with Crippen molar-refractivity contribution in [3.63, 3.8) is 0 Å². The van der Waals surface area contributed by atoms with Crippen LogP contribution < -0.4 is 0 Å². The Morgan fingerprint density at radius 3 is 1.72 bits per heavy atom. The monoisotopic (exact) mass is 294 g/mol. The topological polar surface area (TPSA) is 27.7 Å². The predicted octanol–water partition coefficient (Wildman–Crippen LogP) is 4.09. The van der Waals surface area contributed by atoms with Crippen LogP contribution in [0.25, 0.3) is 0 Å². The molecule has 5 heteroatoms. The van der Waals surface area contributed by atoms with Gasteiger partial charge in [-0.2, -0.15) is 0 Å². The first-order valence-electron chi connectivity index (χ1n) is 7.23. The van der Waals surface area contributed by atoms with E-state index in [9.17, 15) is 0 Å². The second-order valence-corrected chi connectivity index (χ2v) is 9.03. The largest absolute Gasteiger partial charge is 0.573 e. The molecule has 0 rings (SSSR count). The molecule has 0 radical (unpaired) electrons. The van der Waals surface area contributed by atoms with Gasteiger partial charge in [-0.3, -0.25) is 0 Å². The molecule has 0 spiro atoms. The van der Waals surface area contributed by atoms with E-state index in [2.05, 4.69) is 13.8 Å². The zero-order valence-electron chi connectivity index (χ0n) is 12.7. The average molecular weight is 295 g/mol. The zero-order valence-corrected chi connectivity index (χ0v) is 14.5. The molecule has 0 aromatic carbocycles. The van der Waals surface area contributed by atoms with Crippen LogP contribution >= 0.6 is 11.2 Å². The van der Waals surface area contributed by atoms with Crippen LogP contribution in [0.1, 0.15) is 53.9 Å². The third-order valence-corrected chi connectivity index (χ3v) is 8.27. The second-order valence-electron chi connectivity index (χ2n) is 4.17. The highest BCUT2D eigenvalue weighted by Crippen LogP contribution is 2.29. The zero-order chi connectivity index (χ0) is 13.9. The highest BCUT2D eigenvalue weighted by atomic mass is 32.4. The standard InChI is InChI=1S/C13H30O3SSi/c1-6-11-13(7-2)12-17-18(14-8-3,15-9-4)16-10-5/h13H,6-12H2,1-5H3. The molecular formula is C13H30O3SSi. The van der Waals surface area contributed by atoms with Crippen molar-refractivity contribution in [2.24, 2.45) is 5.92 Å². The quantitative estimate of drug-likeness (QED) is 0.507. The molecular weight excluding hydrogens is 264 g/mol. The number of hydrogen-bond acceptors (Lipinski definition) is 4. The van der Waals surface area contributed by atoms with Crippen molar-refractivity contribution < 1.29 is 13.3 Å². The van der Waals surface area contributed by atoms with Crippen molar-refractivity contribution in [2.45, 2.75) is 53.9 Å². The molecule has 0 aromatic heterocycles. The minimum atomic E-state index is -2.49. The van der Waals surface area contributed by atoms with Gasteiger partial charge in [0.05, 0.1) is 0 Å². The molecule has 0 fully saturated rings. The highest BCUT2D eigenvalue weighted by molar-refractivity contribution is 8.26. The van der Waals surface area contributed by atoms with Crippen LogP contribution in [-0.4, -0.2) is 33.5 Å². The minimum Gasteiger partial charge on any atom is -0.366 e. The first-order chi connectivity index (χ1) is 8.67. The van der Waals surface area contributed by atoms with E-state index >= 15 is 0 Å². The fraction of sp³-hybridized carbons (Fsp3) is 1.00. The Morgan fingerprint density at radius 1 is 0.889 bits per heavy atom. The SMILES string of the molecule is CCCC(CC)CS[Si](OCC)(OCC)OCC. The Bertz CT molecular complexity index is 176. The summed E-state index contributed by atoms with van der Waals surface area (Å²) in [6, 6.07) is 0. The van der Waals surface area contributed by atoms with Gasteiger partial charge in [0.25, 0.3) is 0 Å². The lowest BCUT2D eigenvalue weighted by atomic mass is 10.0.